The number of hydrogen-bond acceptors (Lipinski definition) is 8. The summed E-state index contributed by atoms with van der Waals surface area (Å²) in [7, 11) is 2.02. The van der Waals surface area contributed by atoms with Crippen molar-refractivity contribution in [1.29, 1.82) is 0 Å². The van der Waals surface area contributed by atoms with Gasteiger partial charge in [0.1, 0.15) is 11.4 Å². The van der Waals surface area contributed by atoms with Gasteiger partial charge in [0.15, 0.2) is 16.8 Å². The van der Waals surface area contributed by atoms with E-state index < -0.39 is 22.8 Å². The largest absolute Gasteiger partial charge is 0.448 e. The maximum atomic E-state index is 14.4. The number of carbonyl (C=O) groups excluding carboxylic acids is 2. The van der Waals surface area contributed by atoms with Gasteiger partial charge in [-0.15, -0.1) is 0 Å². The molecule has 1 aromatic heterocycles. The minimum Gasteiger partial charge on any atom is -0.448 e. The molecule has 5 rings (SSSR count). The first-order valence-electron chi connectivity index (χ1n) is 13.8. The average molecular weight is 566 g/mol. The van der Waals surface area contributed by atoms with E-state index in [1.54, 1.807) is 17.0 Å². The summed E-state index contributed by atoms with van der Waals surface area (Å²) in [5.41, 5.74) is 1.15. The summed E-state index contributed by atoms with van der Waals surface area (Å²) in [5, 5.41) is 2.89. The van der Waals surface area contributed by atoms with Gasteiger partial charge >= 0.3 is 6.09 Å². The summed E-state index contributed by atoms with van der Waals surface area (Å²) in [4.78, 5) is 46.3. The minimum absolute atomic E-state index is 0.103. The van der Waals surface area contributed by atoms with Crippen LogP contribution in [0, 0.1) is 5.82 Å². The molecule has 2 aromatic carbocycles. The van der Waals surface area contributed by atoms with Crippen LogP contribution in [0.15, 0.2) is 51.7 Å². The molecule has 0 radical (unpaired) electrons. The lowest BCUT2D eigenvalue weighted by Gasteiger charge is -2.36. The molecular formula is C30H36FN5O5. The van der Waals surface area contributed by atoms with E-state index in [-0.39, 0.29) is 22.8 Å². The summed E-state index contributed by atoms with van der Waals surface area (Å²) in [5.74, 6) is -1.24. The number of halogens is 1. The summed E-state index contributed by atoms with van der Waals surface area (Å²) >= 11 is 0. The molecule has 218 valence electrons. The first kappa shape index (κ1) is 28.4. The second-order valence-electron chi connectivity index (χ2n) is 11.5. The second-order valence-corrected chi connectivity index (χ2v) is 11.5. The predicted molar refractivity (Wildman–Crippen MR) is 157 cm³/mol. The first-order chi connectivity index (χ1) is 19.5. The number of fused-ring (bicyclic) bond motifs is 1. The maximum Gasteiger partial charge on any atom is 0.410 e. The molecule has 0 spiro atoms. The van der Waals surface area contributed by atoms with Crippen molar-refractivity contribution in [1.82, 2.24) is 9.80 Å². The van der Waals surface area contributed by atoms with Gasteiger partial charge in [0, 0.05) is 75.9 Å². The summed E-state index contributed by atoms with van der Waals surface area (Å²) < 4.78 is 25.8. The summed E-state index contributed by atoms with van der Waals surface area (Å²) in [6, 6.07) is 10.9. The molecule has 2 saturated heterocycles. The lowest BCUT2D eigenvalue weighted by molar-refractivity contribution is 0.0240. The monoisotopic (exact) mass is 565 g/mol. The van der Waals surface area contributed by atoms with Crippen LogP contribution in [0.1, 0.15) is 31.3 Å². The van der Waals surface area contributed by atoms with E-state index in [1.165, 1.54) is 6.07 Å². The molecule has 2 amide bonds. The van der Waals surface area contributed by atoms with E-state index in [4.69, 9.17) is 9.15 Å². The van der Waals surface area contributed by atoms with Crippen molar-refractivity contribution < 1.29 is 23.1 Å². The van der Waals surface area contributed by atoms with Crippen LogP contribution in [0.2, 0.25) is 0 Å². The number of rotatable bonds is 4. The van der Waals surface area contributed by atoms with E-state index in [0.717, 1.165) is 30.9 Å². The van der Waals surface area contributed by atoms with Gasteiger partial charge in [0.05, 0.1) is 11.1 Å². The number of amides is 2. The Morgan fingerprint density at radius 1 is 0.902 bits per heavy atom. The molecule has 2 aliphatic rings. The number of piperazine rings is 2. The molecule has 0 bridgehead atoms. The molecule has 2 aliphatic heterocycles. The lowest BCUT2D eigenvalue weighted by atomic mass is 10.1. The van der Waals surface area contributed by atoms with Gasteiger partial charge in [-0.25, -0.2) is 9.18 Å². The lowest BCUT2D eigenvalue weighted by Crippen LogP contribution is -2.50. The highest BCUT2D eigenvalue weighted by atomic mass is 19.1. The van der Waals surface area contributed by atoms with Gasteiger partial charge in [-0.05, 0) is 58.2 Å². The molecule has 10 nitrogen and oxygen atoms in total. The molecule has 41 heavy (non-hydrogen) atoms. The third-order valence-electron chi connectivity index (χ3n) is 7.26. The SMILES string of the molecule is CN1CCN(c2cc(F)cc3c(=O)cc(C(=O)Nc4ccc(N5CCN(C(=O)OC(C)(C)C)CC5)cc4)oc23)CC1. The van der Waals surface area contributed by atoms with Gasteiger partial charge in [-0.3, -0.25) is 9.59 Å². The van der Waals surface area contributed by atoms with Crippen molar-refractivity contribution in [2.24, 2.45) is 0 Å². The van der Waals surface area contributed by atoms with Gasteiger partial charge in [0.2, 0.25) is 0 Å². The van der Waals surface area contributed by atoms with Crippen LogP contribution < -0.4 is 20.5 Å². The molecule has 3 heterocycles. The van der Waals surface area contributed by atoms with Gasteiger partial charge in [0.25, 0.3) is 5.91 Å². The molecule has 0 saturated carbocycles. The van der Waals surface area contributed by atoms with E-state index in [9.17, 15) is 18.8 Å². The average Bonchev–Trinajstić information content (AvgIpc) is 2.93. The van der Waals surface area contributed by atoms with E-state index in [1.807, 2.05) is 44.9 Å². The highest BCUT2D eigenvalue weighted by molar-refractivity contribution is 6.03. The van der Waals surface area contributed by atoms with E-state index in [0.29, 0.717) is 50.6 Å². The van der Waals surface area contributed by atoms with Crippen LogP contribution in [0.25, 0.3) is 11.0 Å². The fraction of sp³-hybridized carbons (Fsp3) is 0.433. The molecule has 3 aromatic rings. The number of hydrogen-bond donors (Lipinski definition) is 1. The standard InChI is InChI=1S/C30H36FN5O5/c1-30(2,3)41-29(39)36-15-13-34(14-16-36)22-7-5-21(6-8-22)32-28(38)26-19-25(37)23-17-20(31)18-24(27(23)40-26)35-11-9-33(4)10-12-35/h5-8,17-19H,9-16H2,1-4H3,(H,32,38). The Morgan fingerprint density at radius 3 is 2.17 bits per heavy atom. The zero-order valence-corrected chi connectivity index (χ0v) is 23.9. The van der Waals surface area contributed by atoms with Crippen molar-refractivity contribution in [2.75, 3.05) is 74.5 Å². The molecule has 0 aliphatic carbocycles. The minimum atomic E-state index is -0.573. The third-order valence-corrected chi connectivity index (χ3v) is 7.26. The van der Waals surface area contributed by atoms with E-state index >= 15 is 0 Å². The van der Waals surface area contributed by atoms with Crippen molar-refractivity contribution in [2.45, 2.75) is 26.4 Å². The molecular weight excluding hydrogens is 529 g/mol. The molecule has 2 fully saturated rings. The molecule has 11 heteroatoms. The molecule has 1 N–H and O–H groups in total. The molecule has 0 atom stereocenters. The zero-order chi connectivity index (χ0) is 29.3. The number of anilines is 3. The van der Waals surface area contributed by atoms with Crippen LogP contribution in [0.5, 0.6) is 0 Å². The fourth-order valence-corrected chi connectivity index (χ4v) is 5.02. The van der Waals surface area contributed by atoms with Crippen molar-refractivity contribution in [3.63, 3.8) is 0 Å². The fourth-order valence-electron chi connectivity index (χ4n) is 5.02. The number of benzene rings is 2. The Morgan fingerprint density at radius 2 is 1.54 bits per heavy atom. The summed E-state index contributed by atoms with van der Waals surface area (Å²) in [6.07, 6.45) is -0.309. The van der Waals surface area contributed by atoms with Crippen LogP contribution in [-0.2, 0) is 4.74 Å². The van der Waals surface area contributed by atoms with Crippen LogP contribution >= 0.6 is 0 Å². The number of ether oxygens (including phenoxy) is 1. The van der Waals surface area contributed by atoms with Gasteiger partial charge in [-0.2, -0.15) is 0 Å². The Balaban J connectivity index is 1.27. The molecule has 0 unspecified atom stereocenters. The Labute approximate surface area is 238 Å². The van der Waals surface area contributed by atoms with Crippen LogP contribution in [-0.4, -0.2) is 86.8 Å². The predicted octanol–water partition coefficient (Wildman–Crippen LogP) is 3.99. The van der Waals surface area contributed by atoms with Crippen LogP contribution in [0.4, 0.5) is 26.2 Å². The number of nitrogens with zero attached hydrogens (tertiary/aromatic N) is 4. The number of likely N-dealkylation sites (N-methyl/N-ethyl adjacent to an activating group) is 1. The Kier molecular flexibility index (Phi) is 7.90. The van der Waals surface area contributed by atoms with Gasteiger partial charge in [-0.1, -0.05) is 0 Å². The van der Waals surface area contributed by atoms with Crippen LogP contribution in [0.3, 0.4) is 0 Å². The van der Waals surface area contributed by atoms with Crippen molar-refractivity contribution in [3.8, 4) is 0 Å². The highest BCUT2D eigenvalue weighted by Gasteiger charge is 2.26. The quantitative estimate of drug-likeness (QED) is 0.507. The normalized spacial score (nSPS) is 16.7. The topological polar surface area (TPSA) is 98.6 Å². The van der Waals surface area contributed by atoms with Gasteiger partial charge < -0.3 is 34.1 Å². The second kappa shape index (κ2) is 11.4. The number of carbonyl (C=O) groups is 2. The van der Waals surface area contributed by atoms with E-state index in [2.05, 4.69) is 15.1 Å². The first-order valence-corrected chi connectivity index (χ1v) is 13.8. The maximum absolute atomic E-state index is 14.4. The Bertz CT molecular complexity index is 1480. The zero-order valence-electron chi connectivity index (χ0n) is 23.9. The highest BCUT2D eigenvalue weighted by Crippen LogP contribution is 2.29. The smallest absolute Gasteiger partial charge is 0.410 e. The van der Waals surface area contributed by atoms with Crippen molar-refractivity contribution >= 4 is 40.0 Å². The number of nitrogens with one attached hydrogen (secondary N) is 1. The Hall–Kier alpha value is -4.12. The van der Waals surface area contributed by atoms with Crippen molar-refractivity contribution in [3.05, 3.63) is 64.3 Å². The summed E-state index contributed by atoms with van der Waals surface area (Å²) in [6.45, 7) is 10.8. The third kappa shape index (κ3) is 6.62.